The number of hydrogen-bond acceptors (Lipinski definition) is 0. The molecule has 11 heavy (non-hydrogen) atoms. The summed E-state index contributed by atoms with van der Waals surface area (Å²) < 4.78 is 12.5. The predicted molar refractivity (Wildman–Crippen MR) is 46.3 cm³/mol. The first-order valence-corrected chi connectivity index (χ1v) is 4.70. The van der Waals surface area contributed by atoms with Crippen molar-refractivity contribution in [2.75, 3.05) is 0 Å². The van der Waals surface area contributed by atoms with Crippen molar-refractivity contribution < 1.29 is 4.39 Å². The van der Waals surface area contributed by atoms with Crippen LogP contribution >= 0.6 is 0 Å². The fourth-order valence-corrected chi connectivity index (χ4v) is 2.25. The first kappa shape index (κ1) is 9.02. The van der Waals surface area contributed by atoms with Crippen molar-refractivity contribution in [2.24, 2.45) is 11.3 Å². The summed E-state index contributed by atoms with van der Waals surface area (Å²) in [6.07, 6.45) is 3.94. The third kappa shape index (κ3) is 2.18. The highest BCUT2D eigenvalue weighted by atomic mass is 19.1. The second-order valence-corrected chi connectivity index (χ2v) is 4.45. The molecule has 1 aliphatic carbocycles. The molecule has 1 saturated carbocycles. The smallest absolute Gasteiger partial charge is 0.0976 e. The van der Waals surface area contributed by atoms with Crippen molar-refractivity contribution in [3.05, 3.63) is 0 Å². The monoisotopic (exact) mass is 158 g/mol. The maximum Gasteiger partial charge on any atom is 0.0976 e. The summed E-state index contributed by atoms with van der Waals surface area (Å²) in [5.41, 5.74) is 0.555. The summed E-state index contributed by atoms with van der Waals surface area (Å²) in [7, 11) is 0. The van der Waals surface area contributed by atoms with Crippen LogP contribution in [0, 0.1) is 11.3 Å². The summed E-state index contributed by atoms with van der Waals surface area (Å²) in [4.78, 5) is 0. The van der Waals surface area contributed by atoms with Gasteiger partial charge in [-0.05, 0) is 37.5 Å². The van der Waals surface area contributed by atoms with Crippen LogP contribution in [0.4, 0.5) is 4.39 Å². The zero-order valence-corrected chi connectivity index (χ0v) is 7.86. The molecule has 0 nitrogen and oxygen atoms in total. The Morgan fingerprint density at radius 1 is 1.55 bits per heavy atom. The van der Waals surface area contributed by atoms with E-state index in [1.165, 1.54) is 19.3 Å². The van der Waals surface area contributed by atoms with E-state index in [4.69, 9.17) is 0 Å². The van der Waals surface area contributed by atoms with E-state index in [-0.39, 0.29) is 0 Å². The molecule has 1 unspecified atom stereocenters. The quantitative estimate of drug-likeness (QED) is 0.589. The SMILES string of the molecule is CCC1(C)CC(CC(C)F)C1. The van der Waals surface area contributed by atoms with Gasteiger partial charge in [0.1, 0.15) is 0 Å². The van der Waals surface area contributed by atoms with Crippen LogP contribution in [0.3, 0.4) is 0 Å². The predicted octanol–water partition coefficient (Wildman–Crippen LogP) is 3.56. The van der Waals surface area contributed by atoms with E-state index in [2.05, 4.69) is 13.8 Å². The van der Waals surface area contributed by atoms with Gasteiger partial charge in [0.15, 0.2) is 0 Å². The molecule has 0 saturated heterocycles. The van der Waals surface area contributed by atoms with Crippen molar-refractivity contribution in [3.63, 3.8) is 0 Å². The van der Waals surface area contributed by atoms with Crippen molar-refractivity contribution in [1.82, 2.24) is 0 Å². The largest absolute Gasteiger partial charge is 0.248 e. The molecule has 0 aliphatic heterocycles. The van der Waals surface area contributed by atoms with Crippen LogP contribution < -0.4 is 0 Å². The Hall–Kier alpha value is -0.0700. The van der Waals surface area contributed by atoms with Gasteiger partial charge >= 0.3 is 0 Å². The lowest BCUT2D eigenvalue weighted by Crippen LogP contribution is -2.34. The fraction of sp³-hybridized carbons (Fsp3) is 1.00. The lowest BCUT2D eigenvalue weighted by Gasteiger charge is -2.45. The number of halogens is 1. The summed E-state index contributed by atoms with van der Waals surface area (Å²) in [6, 6.07) is 0. The van der Waals surface area contributed by atoms with Crippen LogP contribution in [-0.4, -0.2) is 6.17 Å². The van der Waals surface area contributed by atoms with Crippen LogP contribution in [0.1, 0.15) is 46.5 Å². The molecule has 66 valence electrons. The average Bonchev–Trinajstić information content (AvgIpc) is 1.83. The Morgan fingerprint density at radius 2 is 2.09 bits per heavy atom. The van der Waals surface area contributed by atoms with Crippen LogP contribution in [0.15, 0.2) is 0 Å². The molecule has 0 N–H and O–H groups in total. The van der Waals surface area contributed by atoms with Gasteiger partial charge in [0, 0.05) is 0 Å². The molecule has 0 radical (unpaired) electrons. The third-order valence-corrected chi connectivity index (χ3v) is 3.07. The maximum absolute atomic E-state index is 12.5. The summed E-state index contributed by atoms with van der Waals surface area (Å²) in [5.74, 6) is 0.681. The molecule has 0 amide bonds. The Kier molecular flexibility index (Phi) is 2.56. The first-order valence-electron chi connectivity index (χ1n) is 4.70. The molecule has 0 aromatic carbocycles. The highest BCUT2D eigenvalue weighted by molar-refractivity contribution is 4.89. The first-order chi connectivity index (χ1) is 5.06. The Morgan fingerprint density at radius 3 is 2.45 bits per heavy atom. The lowest BCUT2D eigenvalue weighted by molar-refractivity contribution is 0.0496. The van der Waals surface area contributed by atoms with Gasteiger partial charge in [0.2, 0.25) is 0 Å². The molecular weight excluding hydrogens is 139 g/mol. The van der Waals surface area contributed by atoms with Gasteiger partial charge in [0.25, 0.3) is 0 Å². The zero-order valence-electron chi connectivity index (χ0n) is 7.86. The second kappa shape index (κ2) is 3.12. The molecule has 0 aromatic rings. The molecule has 0 bridgehead atoms. The van der Waals surface area contributed by atoms with E-state index in [1.54, 1.807) is 6.92 Å². The van der Waals surface area contributed by atoms with Crippen LogP contribution in [0.5, 0.6) is 0 Å². The minimum Gasteiger partial charge on any atom is -0.248 e. The Bertz CT molecular complexity index is 123. The second-order valence-electron chi connectivity index (χ2n) is 4.45. The third-order valence-electron chi connectivity index (χ3n) is 3.07. The van der Waals surface area contributed by atoms with E-state index < -0.39 is 6.17 Å². The van der Waals surface area contributed by atoms with Crippen molar-refractivity contribution in [2.45, 2.75) is 52.6 Å². The lowest BCUT2D eigenvalue weighted by atomic mass is 9.60. The molecule has 0 spiro atoms. The van der Waals surface area contributed by atoms with E-state index in [0.29, 0.717) is 11.3 Å². The minimum atomic E-state index is -0.596. The normalized spacial score (nSPS) is 39.8. The summed E-state index contributed by atoms with van der Waals surface area (Å²) >= 11 is 0. The van der Waals surface area contributed by atoms with Crippen LogP contribution in [-0.2, 0) is 0 Å². The van der Waals surface area contributed by atoms with Crippen molar-refractivity contribution in [1.29, 1.82) is 0 Å². The van der Waals surface area contributed by atoms with Gasteiger partial charge in [0.05, 0.1) is 6.17 Å². The van der Waals surface area contributed by atoms with Gasteiger partial charge in [-0.2, -0.15) is 0 Å². The van der Waals surface area contributed by atoms with E-state index in [9.17, 15) is 4.39 Å². The molecule has 1 aliphatic rings. The highest BCUT2D eigenvalue weighted by Crippen LogP contribution is 2.49. The number of rotatable bonds is 3. The van der Waals surface area contributed by atoms with Gasteiger partial charge < -0.3 is 0 Å². The Labute approximate surface area is 69.2 Å². The Balaban J connectivity index is 2.18. The molecule has 1 atom stereocenters. The topological polar surface area (TPSA) is 0 Å². The van der Waals surface area contributed by atoms with E-state index >= 15 is 0 Å². The average molecular weight is 158 g/mol. The standard InChI is InChI=1S/C10H19F/c1-4-10(3)6-9(7-10)5-8(2)11/h8-9H,4-7H2,1-3H3. The highest BCUT2D eigenvalue weighted by Gasteiger charge is 2.38. The van der Waals surface area contributed by atoms with Gasteiger partial charge in [-0.15, -0.1) is 0 Å². The number of hydrogen-bond donors (Lipinski definition) is 0. The zero-order chi connectivity index (χ0) is 8.48. The van der Waals surface area contributed by atoms with E-state index in [0.717, 1.165) is 6.42 Å². The maximum atomic E-state index is 12.5. The van der Waals surface area contributed by atoms with Gasteiger partial charge in [-0.25, -0.2) is 4.39 Å². The van der Waals surface area contributed by atoms with Crippen LogP contribution in [0.2, 0.25) is 0 Å². The van der Waals surface area contributed by atoms with Crippen LogP contribution in [0.25, 0.3) is 0 Å². The molecular formula is C10H19F. The van der Waals surface area contributed by atoms with Crippen molar-refractivity contribution in [3.8, 4) is 0 Å². The summed E-state index contributed by atoms with van der Waals surface area (Å²) in [6.45, 7) is 6.21. The fourth-order valence-electron chi connectivity index (χ4n) is 2.25. The van der Waals surface area contributed by atoms with Gasteiger partial charge in [-0.3, -0.25) is 0 Å². The summed E-state index contributed by atoms with van der Waals surface area (Å²) in [5, 5.41) is 0. The molecule has 0 heterocycles. The van der Waals surface area contributed by atoms with Crippen molar-refractivity contribution >= 4 is 0 Å². The molecule has 1 heteroatoms. The molecule has 0 aromatic heterocycles. The van der Waals surface area contributed by atoms with E-state index in [1.807, 2.05) is 0 Å². The molecule has 1 rings (SSSR count). The number of alkyl halides is 1. The van der Waals surface area contributed by atoms with Gasteiger partial charge in [-0.1, -0.05) is 20.3 Å². The minimum absolute atomic E-state index is 0.555. The molecule has 1 fully saturated rings.